The minimum Gasteiger partial charge on any atom is -0.383 e. The molecule has 2 N–H and O–H groups in total. The van der Waals surface area contributed by atoms with Crippen molar-refractivity contribution in [3.63, 3.8) is 0 Å². The Labute approximate surface area is 133 Å². The summed E-state index contributed by atoms with van der Waals surface area (Å²) < 4.78 is 4.98. The van der Waals surface area contributed by atoms with E-state index in [1.807, 2.05) is 4.90 Å². The molecule has 1 aliphatic heterocycles. The number of carbonyl (C=O) groups excluding carboxylic acids is 1. The van der Waals surface area contributed by atoms with Gasteiger partial charge in [-0.2, -0.15) is 0 Å². The van der Waals surface area contributed by atoms with Gasteiger partial charge in [-0.15, -0.1) is 0 Å². The van der Waals surface area contributed by atoms with Crippen LogP contribution in [0.1, 0.15) is 24.1 Å². The standard InChI is InChI=1S/C17H27N3O2/c1-3-14-4-6-15(7-5-14)16-12-18-8-10-20(16)17(21)13-19-9-11-22-2/h4-7,16,18-19H,3,8-13H2,1-2H3. The van der Waals surface area contributed by atoms with E-state index in [0.29, 0.717) is 19.7 Å². The number of nitrogens with zero attached hydrogens (tertiary/aromatic N) is 1. The first kappa shape index (κ1) is 16.9. The smallest absolute Gasteiger partial charge is 0.237 e. The highest BCUT2D eigenvalue weighted by atomic mass is 16.5. The molecule has 1 heterocycles. The van der Waals surface area contributed by atoms with Gasteiger partial charge in [0.05, 0.1) is 19.2 Å². The summed E-state index contributed by atoms with van der Waals surface area (Å²) in [6.07, 6.45) is 1.04. The van der Waals surface area contributed by atoms with Crippen LogP contribution < -0.4 is 10.6 Å². The Morgan fingerprint density at radius 2 is 2.18 bits per heavy atom. The van der Waals surface area contributed by atoms with Gasteiger partial charge in [-0.1, -0.05) is 31.2 Å². The Morgan fingerprint density at radius 3 is 2.86 bits per heavy atom. The van der Waals surface area contributed by atoms with Crippen molar-refractivity contribution >= 4 is 5.91 Å². The van der Waals surface area contributed by atoms with Crippen molar-refractivity contribution in [3.05, 3.63) is 35.4 Å². The Bertz CT molecular complexity index is 461. The zero-order chi connectivity index (χ0) is 15.8. The molecule has 1 aromatic rings. The predicted octanol–water partition coefficient (Wildman–Crippen LogP) is 0.958. The highest BCUT2D eigenvalue weighted by Gasteiger charge is 2.27. The van der Waals surface area contributed by atoms with E-state index in [-0.39, 0.29) is 11.9 Å². The lowest BCUT2D eigenvalue weighted by Gasteiger charge is -2.36. The maximum absolute atomic E-state index is 12.5. The fourth-order valence-electron chi connectivity index (χ4n) is 2.75. The van der Waals surface area contributed by atoms with Gasteiger partial charge in [0, 0.05) is 33.3 Å². The van der Waals surface area contributed by atoms with Gasteiger partial charge in [0.25, 0.3) is 0 Å². The molecule has 0 radical (unpaired) electrons. The molecule has 1 saturated heterocycles. The Hall–Kier alpha value is -1.43. The van der Waals surface area contributed by atoms with Gasteiger partial charge in [0.15, 0.2) is 0 Å². The van der Waals surface area contributed by atoms with Gasteiger partial charge in [-0.25, -0.2) is 0 Å². The SMILES string of the molecule is CCc1ccc(C2CNCCN2C(=O)CNCCOC)cc1. The lowest BCUT2D eigenvalue weighted by Crippen LogP contribution is -2.51. The first-order chi connectivity index (χ1) is 10.8. The van der Waals surface area contributed by atoms with Crippen molar-refractivity contribution in [1.82, 2.24) is 15.5 Å². The van der Waals surface area contributed by atoms with E-state index in [4.69, 9.17) is 4.74 Å². The highest BCUT2D eigenvalue weighted by Crippen LogP contribution is 2.22. The van der Waals surface area contributed by atoms with Crippen molar-refractivity contribution in [3.8, 4) is 0 Å². The largest absolute Gasteiger partial charge is 0.383 e. The van der Waals surface area contributed by atoms with Crippen LogP contribution in [0.5, 0.6) is 0 Å². The van der Waals surface area contributed by atoms with Crippen LogP contribution in [0.15, 0.2) is 24.3 Å². The molecule has 5 heteroatoms. The number of carbonyl (C=O) groups is 1. The summed E-state index contributed by atoms with van der Waals surface area (Å²) in [6.45, 7) is 6.26. The Kier molecular flexibility index (Phi) is 6.83. The fourth-order valence-corrected chi connectivity index (χ4v) is 2.75. The van der Waals surface area contributed by atoms with Crippen LogP contribution in [0.25, 0.3) is 0 Å². The van der Waals surface area contributed by atoms with Gasteiger partial charge in [0.2, 0.25) is 5.91 Å². The second-order valence-corrected chi connectivity index (χ2v) is 5.57. The third-order valence-electron chi connectivity index (χ3n) is 4.10. The second-order valence-electron chi connectivity index (χ2n) is 5.57. The van der Waals surface area contributed by atoms with Crippen LogP contribution in [-0.2, 0) is 16.0 Å². The molecule has 0 spiro atoms. The predicted molar refractivity (Wildman–Crippen MR) is 87.9 cm³/mol. The van der Waals surface area contributed by atoms with Gasteiger partial charge in [-0.3, -0.25) is 4.79 Å². The summed E-state index contributed by atoms with van der Waals surface area (Å²) >= 11 is 0. The fraction of sp³-hybridized carbons (Fsp3) is 0.588. The van der Waals surface area contributed by atoms with Gasteiger partial charge >= 0.3 is 0 Å². The zero-order valence-corrected chi connectivity index (χ0v) is 13.6. The van der Waals surface area contributed by atoms with E-state index in [1.165, 1.54) is 11.1 Å². The number of ether oxygens (including phenoxy) is 1. The number of hydrogen-bond donors (Lipinski definition) is 2. The molecule has 0 saturated carbocycles. The summed E-state index contributed by atoms with van der Waals surface area (Å²) in [5.41, 5.74) is 2.53. The third-order valence-corrected chi connectivity index (χ3v) is 4.10. The molecule has 1 aliphatic rings. The quantitative estimate of drug-likeness (QED) is 0.737. The first-order valence-electron chi connectivity index (χ1n) is 8.05. The van der Waals surface area contributed by atoms with E-state index in [0.717, 1.165) is 26.1 Å². The van der Waals surface area contributed by atoms with Crippen molar-refractivity contribution in [1.29, 1.82) is 0 Å². The van der Waals surface area contributed by atoms with Crippen molar-refractivity contribution < 1.29 is 9.53 Å². The number of methoxy groups -OCH3 is 1. The number of rotatable bonds is 7. The zero-order valence-electron chi connectivity index (χ0n) is 13.6. The molecular weight excluding hydrogens is 278 g/mol. The van der Waals surface area contributed by atoms with E-state index in [1.54, 1.807) is 7.11 Å². The number of piperazine rings is 1. The number of nitrogens with one attached hydrogen (secondary N) is 2. The van der Waals surface area contributed by atoms with Crippen LogP contribution in [0.4, 0.5) is 0 Å². The third kappa shape index (κ3) is 4.53. The van der Waals surface area contributed by atoms with E-state index in [9.17, 15) is 4.79 Å². The molecule has 0 aliphatic carbocycles. The van der Waals surface area contributed by atoms with Crippen molar-refractivity contribution in [2.24, 2.45) is 0 Å². The van der Waals surface area contributed by atoms with Crippen molar-refractivity contribution in [2.75, 3.05) is 46.4 Å². The topological polar surface area (TPSA) is 53.6 Å². The van der Waals surface area contributed by atoms with Crippen LogP contribution in [-0.4, -0.2) is 57.2 Å². The molecule has 0 aromatic heterocycles. The minimum atomic E-state index is 0.122. The summed E-state index contributed by atoms with van der Waals surface area (Å²) in [4.78, 5) is 14.4. The lowest BCUT2D eigenvalue weighted by atomic mass is 10.0. The van der Waals surface area contributed by atoms with Gasteiger partial charge < -0.3 is 20.3 Å². The maximum Gasteiger partial charge on any atom is 0.237 e. The van der Waals surface area contributed by atoms with E-state index >= 15 is 0 Å². The molecule has 0 bridgehead atoms. The van der Waals surface area contributed by atoms with E-state index in [2.05, 4.69) is 41.8 Å². The average Bonchev–Trinajstić information content (AvgIpc) is 2.58. The Morgan fingerprint density at radius 1 is 1.41 bits per heavy atom. The average molecular weight is 305 g/mol. The van der Waals surface area contributed by atoms with Crippen LogP contribution in [0.3, 0.4) is 0 Å². The number of benzene rings is 1. The monoisotopic (exact) mass is 305 g/mol. The number of aryl methyl sites for hydroxylation is 1. The summed E-state index contributed by atoms with van der Waals surface area (Å²) in [5, 5.41) is 6.53. The van der Waals surface area contributed by atoms with Gasteiger partial charge in [0.1, 0.15) is 0 Å². The molecule has 1 amide bonds. The van der Waals surface area contributed by atoms with Crippen LogP contribution in [0.2, 0.25) is 0 Å². The molecule has 22 heavy (non-hydrogen) atoms. The molecule has 2 rings (SSSR count). The van der Waals surface area contributed by atoms with Crippen LogP contribution in [0, 0.1) is 0 Å². The molecule has 1 unspecified atom stereocenters. The van der Waals surface area contributed by atoms with Gasteiger partial charge in [-0.05, 0) is 17.5 Å². The summed E-state index contributed by atoms with van der Waals surface area (Å²) in [7, 11) is 1.66. The van der Waals surface area contributed by atoms with Crippen LogP contribution >= 0.6 is 0 Å². The molecule has 1 aromatic carbocycles. The maximum atomic E-state index is 12.5. The summed E-state index contributed by atoms with van der Waals surface area (Å²) in [6, 6.07) is 8.73. The molecule has 1 atom stereocenters. The number of amides is 1. The first-order valence-corrected chi connectivity index (χ1v) is 8.05. The number of hydrogen-bond acceptors (Lipinski definition) is 4. The molecule has 5 nitrogen and oxygen atoms in total. The normalized spacial score (nSPS) is 18.5. The molecule has 1 fully saturated rings. The molecule has 122 valence electrons. The second kappa shape index (κ2) is 8.88. The molecular formula is C17H27N3O2. The minimum absolute atomic E-state index is 0.122. The van der Waals surface area contributed by atoms with Crippen molar-refractivity contribution in [2.45, 2.75) is 19.4 Å². The summed E-state index contributed by atoms with van der Waals surface area (Å²) in [5.74, 6) is 0.155. The Balaban J connectivity index is 1.99. The highest BCUT2D eigenvalue weighted by molar-refractivity contribution is 5.79. The van der Waals surface area contributed by atoms with E-state index < -0.39 is 0 Å². The lowest BCUT2D eigenvalue weighted by molar-refractivity contribution is -0.133.